The summed E-state index contributed by atoms with van der Waals surface area (Å²) in [5, 5.41) is 18.8. The summed E-state index contributed by atoms with van der Waals surface area (Å²) in [6.45, 7) is 3.56. The molecule has 4 nitrogen and oxygen atoms in total. The molecule has 1 aromatic carbocycles. The summed E-state index contributed by atoms with van der Waals surface area (Å²) in [5.74, 6) is 0.441. The first-order valence-corrected chi connectivity index (χ1v) is 4.76. The molecule has 0 fully saturated rings. The molecule has 0 amide bonds. The van der Waals surface area contributed by atoms with E-state index in [9.17, 15) is 5.11 Å². The van der Waals surface area contributed by atoms with Crippen LogP contribution in [0, 0.1) is 13.8 Å². The molecule has 0 saturated heterocycles. The Labute approximate surface area is 89.3 Å². The van der Waals surface area contributed by atoms with E-state index in [4.69, 9.17) is 15.6 Å². The molecule has 1 rings (SSSR count). The number of aliphatic hydroxyl groups is 1. The van der Waals surface area contributed by atoms with Gasteiger partial charge in [0.25, 0.3) is 0 Å². The highest BCUT2D eigenvalue weighted by molar-refractivity contribution is 5.54. The average Bonchev–Trinajstić information content (AvgIpc) is 2.23. The van der Waals surface area contributed by atoms with E-state index >= 15 is 0 Å². The Hall–Kier alpha value is -1.26. The van der Waals surface area contributed by atoms with Crippen molar-refractivity contribution in [2.75, 3.05) is 13.7 Å². The molecule has 84 valence electrons. The highest BCUT2D eigenvalue weighted by atomic mass is 16.5. The number of aryl methyl sites for hydroxylation is 1. The van der Waals surface area contributed by atoms with Gasteiger partial charge >= 0.3 is 0 Å². The number of methoxy groups -OCH3 is 1. The van der Waals surface area contributed by atoms with Gasteiger partial charge in [-0.2, -0.15) is 0 Å². The second-order valence-corrected chi connectivity index (χ2v) is 3.58. The molecule has 0 radical (unpaired) electrons. The molecule has 0 aliphatic rings. The van der Waals surface area contributed by atoms with E-state index in [-0.39, 0.29) is 12.4 Å². The van der Waals surface area contributed by atoms with Crippen LogP contribution in [0.3, 0.4) is 0 Å². The van der Waals surface area contributed by atoms with Crippen molar-refractivity contribution in [1.82, 2.24) is 0 Å². The van der Waals surface area contributed by atoms with Crippen molar-refractivity contribution < 1.29 is 14.9 Å². The molecular formula is C11H17NO3. The number of hydrogen-bond donors (Lipinski definition) is 3. The second-order valence-electron chi connectivity index (χ2n) is 3.58. The first-order valence-electron chi connectivity index (χ1n) is 4.76. The SMILES string of the molecule is COc1c(C)c(C)cc(C(N)CO)c1O. The van der Waals surface area contributed by atoms with Crippen molar-refractivity contribution in [2.24, 2.45) is 5.73 Å². The Morgan fingerprint density at radius 3 is 2.53 bits per heavy atom. The molecule has 4 heteroatoms. The number of phenols is 1. The number of aliphatic hydroxyl groups excluding tert-OH is 1. The summed E-state index contributed by atoms with van der Waals surface area (Å²) in [6, 6.07) is 1.19. The highest BCUT2D eigenvalue weighted by Crippen LogP contribution is 2.37. The van der Waals surface area contributed by atoms with Gasteiger partial charge in [-0.05, 0) is 25.0 Å². The molecule has 15 heavy (non-hydrogen) atoms. The molecular weight excluding hydrogens is 194 g/mol. The third-order valence-electron chi connectivity index (χ3n) is 2.59. The summed E-state index contributed by atoms with van der Waals surface area (Å²) in [4.78, 5) is 0. The fraction of sp³-hybridized carbons (Fsp3) is 0.455. The number of aromatic hydroxyl groups is 1. The van der Waals surface area contributed by atoms with Gasteiger partial charge in [0.15, 0.2) is 11.5 Å². The summed E-state index contributed by atoms with van der Waals surface area (Å²) in [6.07, 6.45) is 0. The Morgan fingerprint density at radius 1 is 1.47 bits per heavy atom. The summed E-state index contributed by atoms with van der Waals surface area (Å²) in [7, 11) is 1.50. The first-order chi connectivity index (χ1) is 7.02. The van der Waals surface area contributed by atoms with Crippen molar-refractivity contribution in [3.8, 4) is 11.5 Å². The van der Waals surface area contributed by atoms with Crippen LogP contribution in [0.15, 0.2) is 6.07 Å². The summed E-state index contributed by atoms with van der Waals surface area (Å²) < 4.78 is 5.10. The normalized spacial score (nSPS) is 12.6. The van der Waals surface area contributed by atoms with Gasteiger partial charge in [0.05, 0.1) is 19.8 Å². The molecule has 1 unspecified atom stereocenters. The minimum atomic E-state index is -0.585. The van der Waals surface area contributed by atoms with Gasteiger partial charge in [-0.3, -0.25) is 0 Å². The van der Waals surface area contributed by atoms with Gasteiger partial charge in [0.1, 0.15) is 0 Å². The van der Waals surface area contributed by atoms with Gasteiger partial charge in [0.2, 0.25) is 0 Å². The predicted octanol–water partition coefficient (Wildman–Crippen LogP) is 1.01. The van der Waals surface area contributed by atoms with Gasteiger partial charge < -0.3 is 20.7 Å². The lowest BCUT2D eigenvalue weighted by molar-refractivity contribution is 0.264. The molecule has 0 spiro atoms. The van der Waals surface area contributed by atoms with Crippen molar-refractivity contribution in [2.45, 2.75) is 19.9 Å². The molecule has 0 aliphatic heterocycles. The van der Waals surface area contributed by atoms with Crippen molar-refractivity contribution in [3.63, 3.8) is 0 Å². The monoisotopic (exact) mass is 211 g/mol. The van der Waals surface area contributed by atoms with E-state index in [1.807, 2.05) is 13.8 Å². The lowest BCUT2D eigenvalue weighted by atomic mass is 9.99. The molecule has 0 bridgehead atoms. The summed E-state index contributed by atoms with van der Waals surface area (Å²) in [5.41, 5.74) is 8.04. The van der Waals surface area contributed by atoms with Crippen LogP contribution in [0.25, 0.3) is 0 Å². The number of rotatable bonds is 3. The van der Waals surface area contributed by atoms with Crippen LogP contribution in [0.4, 0.5) is 0 Å². The maximum Gasteiger partial charge on any atom is 0.163 e. The van der Waals surface area contributed by atoms with Crippen LogP contribution in [-0.2, 0) is 0 Å². The predicted molar refractivity (Wildman–Crippen MR) is 58.1 cm³/mol. The third kappa shape index (κ3) is 2.06. The average molecular weight is 211 g/mol. The zero-order chi connectivity index (χ0) is 11.6. The van der Waals surface area contributed by atoms with Crippen LogP contribution >= 0.6 is 0 Å². The molecule has 1 aromatic rings. The van der Waals surface area contributed by atoms with Crippen molar-refractivity contribution in [3.05, 3.63) is 22.8 Å². The Kier molecular flexibility index (Phi) is 3.55. The lowest BCUT2D eigenvalue weighted by Gasteiger charge is -2.17. The Balaban J connectivity index is 3.36. The van der Waals surface area contributed by atoms with Crippen LogP contribution in [0.5, 0.6) is 11.5 Å². The standard InChI is InChI=1S/C11H17NO3/c1-6-4-8(9(12)5-13)10(14)11(15-3)7(6)2/h4,9,13-14H,5,12H2,1-3H3. The van der Waals surface area contributed by atoms with Crippen LogP contribution in [0.2, 0.25) is 0 Å². The number of benzene rings is 1. The Morgan fingerprint density at radius 2 is 2.07 bits per heavy atom. The number of ether oxygens (including phenoxy) is 1. The van der Waals surface area contributed by atoms with E-state index in [1.54, 1.807) is 6.07 Å². The second kappa shape index (κ2) is 4.51. The van der Waals surface area contributed by atoms with Crippen molar-refractivity contribution in [1.29, 1.82) is 0 Å². The highest BCUT2D eigenvalue weighted by Gasteiger charge is 2.17. The van der Waals surface area contributed by atoms with Crippen LogP contribution < -0.4 is 10.5 Å². The fourth-order valence-corrected chi connectivity index (χ4v) is 1.53. The van der Waals surface area contributed by atoms with Gasteiger partial charge in [-0.15, -0.1) is 0 Å². The van der Waals surface area contributed by atoms with Gasteiger partial charge in [-0.1, -0.05) is 6.07 Å². The number of hydrogen-bond acceptors (Lipinski definition) is 4. The fourth-order valence-electron chi connectivity index (χ4n) is 1.53. The first kappa shape index (κ1) is 11.8. The van der Waals surface area contributed by atoms with E-state index in [0.29, 0.717) is 11.3 Å². The topological polar surface area (TPSA) is 75.7 Å². The maximum absolute atomic E-state index is 9.88. The molecule has 4 N–H and O–H groups in total. The minimum Gasteiger partial charge on any atom is -0.504 e. The van der Waals surface area contributed by atoms with Crippen molar-refractivity contribution >= 4 is 0 Å². The number of nitrogens with two attached hydrogens (primary N) is 1. The zero-order valence-corrected chi connectivity index (χ0v) is 9.24. The van der Waals surface area contributed by atoms with Gasteiger partial charge in [-0.25, -0.2) is 0 Å². The largest absolute Gasteiger partial charge is 0.504 e. The maximum atomic E-state index is 9.88. The van der Waals surface area contributed by atoms with E-state index in [2.05, 4.69) is 0 Å². The minimum absolute atomic E-state index is 0.0159. The molecule has 0 aliphatic carbocycles. The van der Waals surface area contributed by atoms with E-state index in [1.165, 1.54) is 7.11 Å². The smallest absolute Gasteiger partial charge is 0.163 e. The van der Waals surface area contributed by atoms with Crippen LogP contribution in [0.1, 0.15) is 22.7 Å². The molecule has 0 aromatic heterocycles. The van der Waals surface area contributed by atoms with Gasteiger partial charge in [0, 0.05) is 5.56 Å². The number of phenolic OH excluding ortho intramolecular Hbond substituents is 1. The summed E-state index contributed by atoms with van der Waals surface area (Å²) >= 11 is 0. The zero-order valence-electron chi connectivity index (χ0n) is 9.24. The van der Waals surface area contributed by atoms with E-state index in [0.717, 1.165) is 11.1 Å². The third-order valence-corrected chi connectivity index (χ3v) is 2.59. The molecule has 0 heterocycles. The quantitative estimate of drug-likeness (QED) is 0.697. The van der Waals surface area contributed by atoms with E-state index < -0.39 is 6.04 Å². The molecule has 0 saturated carbocycles. The molecule has 1 atom stereocenters. The van der Waals surface area contributed by atoms with Crippen LogP contribution in [-0.4, -0.2) is 23.9 Å². The Bertz CT molecular complexity index is 363. The lowest BCUT2D eigenvalue weighted by Crippen LogP contribution is -2.15.